The van der Waals surface area contributed by atoms with E-state index >= 15 is 0 Å². The number of aryl methyl sites for hydroxylation is 2. The zero-order chi connectivity index (χ0) is 25.8. The number of aromatic nitrogens is 4. The van der Waals surface area contributed by atoms with Crippen LogP contribution >= 0.6 is 0 Å². The maximum absolute atomic E-state index is 14.1. The minimum atomic E-state index is -0.873. The van der Waals surface area contributed by atoms with Crippen LogP contribution in [0.5, 0.6) is 0 Å². The highest BCUT2D eigenvalue weighted by Crippen LogP contribution is 2.32. The Bertz CT molecular complexity index is 1400. The summed E-state index contributed by atoms with van der Waals surface area (Å²) < 4.78 is 1.59. The summed E-state index contributed by atoms with van der Waals surface area (Å²) in [6, 6.07) is 16.4. The van der Waals surface area contributed by atoms with E-state index in [1.165, 1.54) is 11.1 Å². The monoisotopic (exact) mass is 496 g/mol. The smallest absolute Gasteiger partial charge is 0.249 e. The molecule has 0 fully saturated rings. The van der Waals surface area contributed by atoms with Gasteiger partial charge in [-0.15, -0.1) is 5.10 Å². The summed E-state index contributed by atoms with van der Waals surface area (Å²) in [5.41, 5.74) is 5.37. The van der Waals surface area contributed by atoms with Gasteiger partial charge >= 0.3 is 0 Å². The van der Waals surface area contributed by atoms with Gasteiger partial charge in [-0.25, -0.2) is 4.68 Å². The molecule has 2 heterocycles. The van der Waals surface area contributed by atoms with Crippen molar-refractivity contribution in [2.45, 2.75) is 52.1 Å². The van der Waals surface area contributed by atoms with E-state index in [9.17, 15) is 9.59 Å². The third kappa shape index (κ3) is 5.38. The number of para-hydroxylation sites is 1. The zero-order valence-corrected chi connectivity index (χ0v) is 21.3. The van der Waals surface area contributed by atoms with Crippen LogP contribution in [-0.4, -0.2) is 38.3 Å². The third-order valence-corrected chi connectivity index (χ3v) is 6.86. The maximum atomic E-state index is 14.1. The summed E-state index contributed by atoms with van der Waals surface area (Å²) in [4.78, 5) is 33.7. The minimum Gasteiger partial charge on any atom is -0.354 e. The number of carbonyl (C=O) groups is 2. The van der Waals surface area contributed by atoms with Gasteiger partial charge in [0.25, 0.3) is 0 Å². The SMILES string of the molecule is CC(C)CCNC(=O)C(c1cccnc1)N(C(=O)Cn1nnc2ccccc21)c1ccc2c(c1)CCC2. The van der Waals surface area contributed by atoms with Crippen LogP contribution in [0.25, 0.3) is 11.0 Å². The Morgan fingerprint density at radius 1 is 1.05 bits per heavy atom. The molecule has 190 valence electrons. The van der Waals surface area contributed by atoms with Crippen molar-refractivity contribution in [2.75, 3.05) is 11.4 Å². The minimum absolute atomic E-state index is 0.0480. The van der Waals surface area contributed by atoms with Gasteiger partial charge in [0.15, 0.2) is 0 Å². The predicted molar refractivity (Wildman–Crippen MR) is 143 cm³/mol. The molecule has 2 aromatic heterocycles. The second-order valence-electron chi connectivity index (χ2n) is 9.97. The lowest BCUT2D eigenvalue weighted by Crippen LogP contribution is -2.45. The molecule has 2 amide bonds. The fourth-order valence-electron chi connectivity index (χ4n) is 4.92. The molecule has 0 radical (unpaired) electrons. The van der Waals surface area contributed by atoms with Crippen molar-refractivity contribution in [1.29, 1.82) is 0 Å². The Balaban J connectivity index is 1.55. The fourth-order valence-corrected chi connectivity index (χ4v) is 4.92. The van der Waals surface area contributed by atoms with E-state index in [0.717, 1.165) is 36.7 Å². The Hall–Kier alpha value is -4.07. The number of rotatable bonds is 9. The van der Waals surface area contributed by atoms with E-state index in [4.69, 9.17) is 0 Å². The van der Waals surface area contributed by atoms with Crippen molar-refractivity contribution >= 4 is 28.5 Å². The van der Waals surface area contributed by atoms with Gasteiger partial charge in [0.2, 0.25) is 11.8 Å². The first-order valence-corrected chi connectivity index (χ1v) is 12.9. The topological polar surface area (TPSA) is 93.0 Å². The molecule has 5 rings (SSSR count). The molecule has 4 aromatic rings. The number of benzene rings is 2. The van der Waals surface area contributed by atoms with Gasteiger partial charge < -0.3 is 5.32 Å². The Morgan fingerprint density at radius 3 is 2.70 bits per heavy atom. The molecule has 0 bridgehead atoms. The van der Waals surface area contributed by atoms with Gasteiger partial charge in [0.1, 0.15) is 18.1 Å². The van der Waals surface area contributed by atoms with Crippen molar-refractivity contribution < 1.29 is 9.59 Å². The van der Waals surface area contributed by atoms with Gasteiger partial charge in [0.05, 0.1) is 5.52 Å². The van der Waals surface area contributed by atoms with Gasteiger partial charge in [-0.1, -0.05) is 43.3 Å². The normalized spacial score (nSPS) is 13.5. The molecular weight excluding hydrogens is 464 g/mol. The van der Waals surface area contributed by atoms with Crippen molar-refractivity contribution in [3.05, 3.63) is 83.7 Å². The van der Waals surface area contributed by atoms with E-state index in [2.05, 4.69) is 46.6 Å². The summed E-state index contributed by atoms with van der Waals surface area (Å²) in [6.07, 6.45) is 7.28. The van der Waals surface area contributed by atoms with Crippen molar-refractivity contribution in [1.82, 2.24) is 25.3 Å². The second-order valence-corrected chi connectivity index (χ2v) is 9.97. The van der Waals surface area contributed by atoms with Crippen LogP contribution in [0.15, 0.2) is 67.0 Å². The summed E-state index contributed by atoms with van der Waals surface area (Å²) in [5, 5.41) is 11.5. The number of hydrogen-bond acceptors (Lipinski definition) is 5. The molecule has 1 aliphatic rings. The number of fused-ring (bicyclic) bond motifs is 2. The van der Waals surface area contributed by atoms with Crippen molar-refractivity contribution in [2.24, 2.45) is 5.92 Å². The zero-order valence-electron chi connectivity index (χ0n) is 21.3. The van der Waals surface area contributed by atoms with E-state index in [1.807, 2.05) is 36.4 Å². The molecule has 8 heteroatoms. The number of amides is 2. The summed E-state index contributed by atoms with van der Waals surface area (Å²) >= 11 is 0. The number of hydrogen-bond donors (Lipinski definition) is 1. The van der Waals surface area contributed by atoms with Gasteiger partial charge in [0, 0.05) is 30.2 Å². The Kier molecular flexibility index (Phi) is 7.25. The average molecular weight is 497 g/mol. The fraction of sp³-hybridized carbons (Fsp3) is 0.345. The van der Waals surface area contributed by atoms with Gasteiger partial charge in [-0.3, -0.25) is 19.5 Å². The molecule has 8 nitrogen and oxygen atoms in total. The number of nitrogens with zero attached hydrogens (tertiary/aromatic N) is 5. The van der Waals surface area contributed by atoms with Crippen LogP contribution in [-0.2, 0) is 29.0 Å². The lowest BCUT2D eigenvalue weighted by Gasteiger charge is -2.32. The van der Waals surface area contributed by atoms with Crippen LogP contribution in [0, 0.1) is 5.92 Å². The molecule has 0 saturated heterocycles. The molecule has 0 saturated carbocycles. The predicted octanol–water partition coefficient (Wildman–Crippen LogP) is 4.25. The van der Waals surface area contributed by atoms with Crippen LogP contribution < -0.4 is 10.2 Å². The molecule has 37 heavy (non-hydrogen) atoms. The first-order chi connectivity index (χ1) is 18.0. The highest BCUT2D eigenvalue weighted by molar-refractivity contribution is 6.01. The lowest BCUT2D eigenvalue weighted by atomic mass is 10.0. The van der Waals surface area contributed by atoms with Crippen molar-refractivity contribution in [3.63, 3.8) is 0 Å². The molecule has 0 aliphatic heterocycles. The van der Waals surface area contributed by atoms with Gasteiger partial charge in [-0.2, -0.15) is 0 Å². The number of pyridine rings is 1. The standard InChI is InChI=1S/C29H32N6O2/c1-20(2)14-16-31-29(37)28(23-9-6-15-30-18-23)35(24-13-12-21-7-5-8-22(21)17-24)27(36)19-34-26-11-4-3-10-25(26)32-33-34/h3-4,6,9-13,15,17-18,20,28H,5,7-8,14,16,19H2,1-2H3,(H,31,37). The Labute approximate surface area is 216 Å². The quantitative estimate of drug-likeness (QED) is 0.374. The largest absolute Gasteiger partial charge is 0.354 e. The Morgan fingerprint density at radius 2 is 1.89 bits per heavy atom. The van der Waals surface area contributed by atoms with Crippen LogP contribution in [0.3, 0.4) is 0 Å². The molecule has 1 unspecified atom stereocenters. The number of carbonyl (C=O) groups excluding carboxylic acids is 2. The average Bonchev–Trinajstić information content (AvgIpc) is 3.54. The van der Waals surface area contributed by atoms with E-state index in [1.54, 1.807) is 28.0 Å². The molecular formula is C29H32N6O2. The van der Waals surface area contributed by atoms with Crippen molar-refractivity contribution in [3.8, 4) is 0 Å². The number of nitrogens with one attached hydrogen (secondary N) is 1. The molecule has 2 aromatic carbocycles. The highest BCUT2D eigenvalue weighted by atomic mass is 16.2. The molecule has 1 N–H and O–H groups in total. The maximum Gasteiger partial charge on any atom is 0.249 e. The van der Waals surface area contributed by atoms with E-state index in [-0.39, 0.29) is 18.4 Å². The number of anilines is 1. The summed E-state index contributed by atoms with van der Waals surface area (Å²) in [7, 11) is 0. The molecule has 1 atom stereocenters. The highest BCUT2D eigenvalue weighted by Gasteiger charge is 2.34. The lowest BCUT2D eigenvalue weighted by molar-refractivity contribution is -0.127. The van der Waals surface area contributed by atoms with Gasteiger partial charge in [-0.05, 0) is 73.1 Å². The molecule has 1 aliphatic carbocycles. The van der Waals surface area contributed by atoms with Crippen LogP contribution in [0.1, 0.15) is 49.4 Å². The summed E-state index contributed by atoms with van der Waals surface area (Å²) in [6.45, 7) is 4.72. The first-order valence-electron chi connectivity index (χ1n) is 12.9. The first kappa shape index (κ1) is 24.6. The van der Waals surface area contributed by atoms with E-state index < -0.39 is 6.04 Å². The summed E-state index contributed by atoms with van der Waals surface area (Å²) in [5.74, 6) is -0.0282. The molecule has 0 spiro atoms. The van der Waals surface area contributed by atoms with Crippen LogP contribution in [0.4, 0.5) is 5.69 Å². The third-order valence-electron chi connectivity index (χ3n) is 6.86. The second kappa shape index (κ2) is 10.9. The van der Waals surface area contributed by atoms with Crippen LogP contribution in [0.2, 0.25) is 0 Å². The van der Waals surface area contributed by atoms with E-state index in [0.29, 0.717) is 23.7 Å².